The van der Waals surface area contributed by atoms with E-state index in [1.807, 2.05) is 69.3 Å². The third-order valence-corrected chi connectivity index (χ3v) is 5.54. The van der Waals surface area contributed by atoms with Crippen molar-refractivity contribution in [2.24, 2.45) is 11.7 Å². The van der Waals surface area contributed by atoms with Gasteiger partial charge >= 0.3 is 0 Å². The molecule has 0 spiro atoms. The second-order valence-corrected chi connectivity index (χ2v) is 8.32. The van der Waals surface area contributed by atoms with E-state index in [-0.39, 0.29) is 5.78 Å². The highest BCUT2D eigenvalue weighted by Crippen LogP contribution is 2.24. The van der Waals surface area contributed by atoms with Gasteiger partial charge in [0.25, 0.3) is 0 Å². The molecule has 0 saturated carbocycles. The Kier molecular flexibility index (Phi) is 14.1. The van der Waals surface area contributed by atoms with Crippen molar-refractivity contribution in [1.29, 1.82) is 0 Å². The minimum absolute atomic E-state index is 0.0599. The Morgan fingerprint density at radius 2 is 1.60 bits per heavy atom. The van der Waals surface area contributed by atoms with Crippen molar-refractivity contribution in [3.63, 3.8) is 0 Å². The van der Waals surface area contributed by atoms with Crippen LogP contribution in [0.4, 0.5) is 0 Å². The number of hydrogen-bond acceptors (Lipinski definition) is 4. The Morgan fingerprint density at radius 3 is 2.11 bits per heavy atom. The van der Waals surface area contributed by atoms with Crippen LogP contribution < -0.4 is 15.2 Å². The van der Waals surface area contributed by atoms with E-state index < -0.39 is 0 Å². The summed E-state index contributed by atoms with van der Waals surface area (Å²) >= 11 is 0. The predicted molar refractivity (Wildman–Crippen MR) is 148 cm³/mol. The minimum Gasteiger partial charge on any atom is -0.489 e. The molecule has 1 atom stereocenters. The van der Waals surface area contributed by atoms with Crippen LogP contribution in [0.25, 0.3) is 0 Å². The van der Waals surface area contributed by atoms with Crippen LogP contribution in [0, 0.1) is 12.8 Å². The molecule has 0 saturated heterocycles. The summed E-state index contributed by atoms with van der Waals surface area (Å²) in [5.41, 5.74) is 9.25. The summed E-state index contributed by atoms with van der Waals surface area (Å²) in [6.45, 7) is 15.2. The molecule has 2 N–H and O–H groups in total. The summed E-state index contributed by atoms with van der Waals surface area (Å²) in [5, 5.41) is 0. The fourth-order valence-electron chi connectivity index (χ4n) is 2.98. The summed E-state index contributed by atoms with van der Waals surface area (Å²) in [6, 6.07) is 21.5. The molecule has 0 heterocycles. The number of Topliss-reactive ketones (excluding diaryl/α,β-unsaturated/α-hetero) is 1. The molecule has 35 heavy (non-hydrogen) atoms. The molecule has 3 aromatic carbocycles. The number of ether oxygens (including phenoxy) is 2. The highest BCUT2D eigenvalue weighted by atomic mass is 16.5. The van der Waals surface area contributed by atoms with Crippen LogP contribution in [0.1, 0.15) is 75.0 Å². The Bertz CT molecular complexity index is 1010. The number of ketones is 1. The molecule has 0 bridgehead atoms. The summed E-state index contributed by atoms with van der Waals surface area (Å²) in [7, 11) is 0. The highest BCUT2D eigenvalue weighted by molar-refractivity contribution is 5.94. The van der Waals surface area contributed by atoms with Crippen LogP contribution in [-0.2, 0) is 13.0 Å². The first-order valence-corrected chi connectivity index (χ1v) is 12.7. The Morgan fingerprint density at radius 1 is 0.914 bits per heavy atom. The number of benzene rings is 3. The Labute approximate surface area is 212 Å². The third-order valence-electron chi connectivity index (χ3n) is 5.54. The molecule has 3 rings (SSSR count). The zero-order chi connectivity index (χ0) is 26.2. The summed E-state index contributed by atoms with van der Waals surface area (Å²) < 4.78 is 11.8. The van der Waals surface area contributed by atoms with Crippen molar-refractivity contribution in [2.75, 3.05) is 6.54 Å². The average Bonchev–Trinajstić information content (AvgIpc) is 2.89. The lowest BCUT2D eigenvalue weighted by atomic mass is 10.1. The number of carbonyl (C=O) groups is 1. The van der Waals surface area contributed by atoms with Gasteiger partial charge in [0.1, 0.15) is 23.9 Å². The average molecular weight is 478 g/mol. The van der Waals surface area contributed by atoms with Crippen molar-refractivity contribution in [3.8, 4) is 17.2 Å². The molecular formula is C31H43NO3. The predicted octanol–water partition coefficient (Wildman–Crippen LogP) is 8.15. The smallest absolute Gasteiger partial charge is 0.159 e. The zero-order valence-electron chi connectivity index (χ0n) is 22.6. The first-order valence-electron chi connectivity index (χ1n) is 12.7. The maximum atomic E-state index is 11.4. The highest BCUT2D eigenvalue weighted by Gasteiger charge is 2.05. The molecule has 3 aromatic rings. The second kappa shape index (κ2) is 16.5. The van der Waals surface area contributed by atoms with Gasteiger partial charge in [-0.2, -0.15) is 0 Å². The lowest BCUT2D eigenvalue weighted by molar-refractivity contribution is 0.101. The second-order valence-electron chi connectivity index (χ2n) is 8.32. The third kappa shape index (κ3) is 10.8. The molecular weight excluding hydrogens is 434 g/mol. The van der Waals surface area contributed by atoms with Crippen LogP contribution in [-0.4, -0.2) is 12.3 Å². The van der Waals surface area contributed by atoms with Gasteiger partial charge in [0.05, 0.1) is 0 Å². The van der Waals surface area contributed by atoms with Crippen LogP contribution in [0.2, 0.25) is 0 Å². The van der Waals surface area contributed by atoms with Crippen LogP contribution >= 0.6 is 0 Å². The van der Waals surface area contributed by atoms with Gasteiger partial charge in [0.2, 0.25) is 0 Å². The molecule has 0 aliphatic heterocycles. The summed E-state index contributed by atoms with van der Waals surface area (Å²) in [6.07, 6.45) is 2.19. The van der Waals surface area contributed by atoms with Crippen molar-refractivity contribution in [3.05, 3.63) is 89.0 Å². The standard InChI is InChI=1S/C24H24O3.C5H13N.C2H6/c1-4-19-6-5-7-23(15-19)27-22-11-8-20(9-12-22)16-26-24-13-10-21(18(3)25)14-17(24)2;1-3-5(2)4-6;1-2/h5-15H,4,16H2,1-3H3;5H,3-4,6H2,1-2H3;1-2H3. The quantitative estimate of drug-likeness (QED) is 0.316. The Balaban J connectivity index is 0.000000670. The van der Waals surface area contributed by atoms with Gasteiger partial charge in [0, 0.05) is 5.56 Å². The van der Waals surface area contributed by atoms with E-state index in [1.165, 1.54) is 12.0 Å². The molecule has 0 radical (unpaired) electrons. The fourth-order valence-corrected chi connectivity index (χ4v) is 2.98. The van der Waals surface area contributed by atoms with Crippen molar-refractivity contribution in [2.45, 2.75) is 67.9 Å². The summed E-state index contributed by atoms with van der Waals surface area (Å²) in [5.74, 6) is 3.21. The lowest BCUT2D eigenvalue weighted by Crippen LogP contribution is -2.08. The largest absolute Gasteiger partial charge is 0.489 e. The number of carbonyl (C=O) groups excluding carboxylic acids is 1. The van der Waals surface area contributed by atoms with Gasteiger partial charge in [-0.25, -0.2) is 0 Å². The molecule has 190 valence electrons. The Hall–Kier alpha value is -3.11. The monoisotopic (exact) mass is 477 g/mol. The number of aryl methyl sites for hydroxylation is 2. The number of hydrogen-bond donors (Lipinski definition) is 1. The number of rotatable bonds is 9. The molecule has 1 unspecified atom stereocenters. The van der Waals surface area contributed by atoms with Gasteiger partial charge in [0.15, 0.2) is 5.78 Å². The minimum atomic E-state index is 0.0599. The van der Waals surface area contributed by atoms with Gasteiger partial charge < -0.3 is 15.2 Å². The van der Waals surface area contributed by atoms with E-state index in [0.717, 1.165) is 41.3 Å². The zero-order valence-corrected chi connectivity index (χ0v) is 22.6. The van der Waals surface area contributed by atoms with E-state index in [9.17, 15) is 4.79 Å². The van der Waals surface area contributed by atoms with E-state index >= 15 is 0 Å². The van der Waals surface area contributed by atoms with E-state index in [1.54, 1.807) is 13.0 Å². The topological polar surface area (TPSA) is 61.6 Å². The maximum Gasteiger partial charge on any atom is 0.159 e. The number of nitrogens with two attached hydrogens (primary N) is 1. The molecule has 0 aromatic heterocycles. The van der Waals surface area contributed by atoms with E-state index in [0.29, 0.717) is 18.1 Å². The van der Waals surface area contributed by atoms with Crippen molar-refractivity contribution < 1.29 is 14.3 Å². The first kappa shape index (κ1) is 29.9. The lowest BCUT2D eigenvalue weighted by Gasteiger charge is -2.11. The molecule has 0 fully saturated rings. The SMILES string of the molecule is CC.CCC(C)CN.CCc1cccc(Oc2ccc(COc3ccc(C(C)=O)cc3C)cc2)c1. The van der Waals surface area contributed by atoms with E-state index in [2.05, 4.69) is 32.9 Å². The van der Waals surface area contributed by atoms with Crippen LogP contribution in [0.3, 0.4) is 0 Å². The first-order chi connectivity index (χ1) is 16.9. The molecule has 4 nitrogen and oxygen atoms in total. The van der Waals surface area contributed by atoms with Crippen LogP contribution in [0.15, 0.2) is 66.7 Å². The molecule has 0 aliphatic rings. The van der Waals surface area contributed by atoms with Crippen molar-refractivity contribution in [1.82, 2.24) is 0 Å². The van der Waals surface area contributed by atoms with Gasteiger partial charge in [-0.1, -0.05) is 65.3 Å². The fraction of sp³-hybridized carbons (Fsp3) is 0.387. The molecule has 4 heteroatoms. The van der Waals surface area contributed by atoms with E-state index in [4.69, 9.17) is 15.2 Å². The van der Waals surface area contributed by atoms with Crippen molar-refractivity contribution >= 4 is 5.78 Å². The summed E-state index contributed by atoms with van der Waals surface area (Å²) in [4.78, 5) is 11.4. The normalized spacial score (nSPS) is 10.7. The molecule has 0 aliphatic carbocycles. The van der Waals surface area contributed by atoms with Crippen LogP contribution in [0.5, 0.6) is 17.2 Å². The van der Waals surface area contributed by atoms with Gasteiger partial charge in [-0.05, 0) is 91.9 Å². The van der Waals surface area contributed by atoms with Gasteiger partial charge in [-0.3, -0.25) is 4.79 Å². The van der Waals surface area contributed by atoms with Gasteiger partial charge in [-0.15, -0.1) is 0 Å². The maximum absolute atomic E-state index is 11.4. The molecule has 0 amide bonds.